The highest BCUT2D eigenvalue weighted by Gasteiger charge is 2.25. The molecule has 3 heterocycles. The Hall–Kier alpha value is -2.47. The van der Waals surface area contributed by atoms with Crippen LogP contribution in [0.1, 0.15) is 31.2 Å². The maximum atomic E-state index is 4.52. The van der Waals surface area contributed by atoms with Gasteiger partial charge in [-0.2, -0.15) is 0 Å². The number of fused-ring (bicyclic) bond motifs is 1. The van der Waals surface area contributed by atoms with Gasteiger partial charge in [0, 0.05) is 25.2 Å². The smallest absolute Gasteiger partial charge is 0.176 e. The fraction of sp³-hybridized carbons (Fsp3) is 0.421. The van der Waals surface area contributed by atoms with Gasteiger partial charge in [0.15, 0.2) is 5.65 Å². The van der Waals surface area contributed by atoms with Crippen molar-refractivity contribution < 1.29 is 0 Å². The van der Waals surface area contributed by atoms with Crippen LogP contribution in [0.25, 0.3) is 5.65 Å². The summed E-state index contributed by atoms with van der Waals surface area (Å²) in [7, 11) is 0. The van der Waals surface area contributed by atoms with Crippen LogP contribution < -0.4 is 5.32 Å². The standard InChI is InChI=1S/C19H24N6/c1-14-12-17(10-11-24(14)13-16-6-4-3-5-7-16)21-18-8-9-19-20-15(2)22-25(19)23-18/h3-9,14,17H,10-13H2,1-2H3,(H,21,23). The third-order valence-corrected chi connectivity index (χ3v) is 4.91. The number of piperidine rings is 1. The number of aromatic nitrogens is 4. The molecule has 0 amide bonds. The van der Waals surface area contributed by atoms with Crippen LogP contribution in [-0.4, -0.2) is 43.3 Å². The summed E-state index contributed by atoms with van der Waals surface area (Å²) in [5.41, 5.74) is 2.17. The molecule has 1 fully saturated rings. The van der Waals surface area contributed by atoms with Gasteiger partial charge in [-0.15, -0.1) is 14.8 Å². The second-order valence-corrected chi connectivity index (χ2v) is 6.90. The van der Waals surface area contributed by atoms with Crippen molar-refractivity contribution in [3.05, 3.63) is 53.9 Å². The lowest BCUT2D eigenvalue weighted by Gasteiger charge is -2.38. The lowest BCUT2D eigenvalue weighted by molar-refractivity contribution is 0.144. The predicted octanol–water partition coefficient (Wildman–Crippen LogP) is 2.90. The maximum Gasteiger partial charge on any atom is 0.176 e. The molecule has 2 atom stereocenters. The second-order valence-electron chi connectivity index (χ2n) is 6.90. The highest BCUT2D eigenvalue weighted by atomic mass is 15.5. The number of benzene rings is 1. The number of nitrogens with one attached hydrogen (secondary N) is 1. The lowest BCUT2D eigenvalue weighted by Crippen LogP contribution is -2.44. The highest BCUT2D eigenvalue weighted by Crippen LogP contribution is 2.22. The molecule has 0 aliphatic carbocycles. The molecular formula is C19H24N6. The van der Waals surface area contributed by atoms with Crippen LogP contribution in [0.3, 0.4) is 0 Å². The second kappa shape index (κ2) is 6.80. The van der Waals surface area contributed by atoms with E-state index < -0.39 is 0 Å². The van der Waals surface area contributed by atoms with E-state index in [1.54, 1.807) is 4.63 Å². The zero-order chi connectivity index (χ0) is 17.2. The van der Waals surface area contributed by atoms with Crippen molar-refractivity contribution in [2.75, 3.05) is 11.9 Å². The summed E-state index contributed by atoms with van der Waals surface area (Å²) in [5, 5.41) is 12.4. The molecule has 25 heavy (non-hydrogen) atoms. The number of hydrogen-bond donors (Lipinski definition) is 1. The van der Waals surface area contributed by atoms with Crippen LogP contribution in [-0.2, 0) is 6.54 Å². The van der Waals surface area contributed by atoms with Crippen LogP contribution in [0.5, 0.6) is 0 Å². The molecule has 0 radical (unpaired) electrons. The zero-order valence-electron chi connectivity index (χ0n) is 14.8. The first-order valence-corrected chi connectivity index (χ1v) is 8.92. The minimum Gasteiger partial charge on any atom is -0.366 e. The summed E-state index contributed by atoms with van der Waals surface area (Å²) in [6.07, 6.45) is 2.23. The Kier molecular flexibility index (Phi) is 4.36. The van der Waals surface area contributed by atoms with Crippen molar-refractivity contribution in [2.24, 2.45) is 0 Å². The quantitative estimate of drug-likeness (QED) is 0.794. The fourth-order valence-corrected chi connectivity index (χ4v) is 3.58. The number of nitrogens with zero attached hydrogens (tertiary/aromatic N) is 5. The molecule has 1 saturated heterocycles. The molecule has 0 spiro atoms. The Balaban J connectivity index is 1.38. The summed E-state index contributed by atoms with van der Waals surface area (Å²) in [4.78, 5) is 6.88. The van der Waals surface area contributed by atoms with Gasteiger partial charge >= 0.3 is 0 Å². The van der Waals surface area contributed by atoms with E-state index >= 15 is 0 Å². The van der Waals surface area contributed by atoms with Gasteiger partial charge in [0.1, 0.15) is 11.6 Å². The van der Waals surface area contributed by atoms with E-state index in [9.17, 15) is 0 Å². The van der Waals surface area contributed by atoms with E-state index in [2.05, 4.69) is 62.7 Å². The first kappa shape index (κ1) is 16.0. The van der Waals surface area contributed by atoms with Gasteiger partial charge < -0.3 is 5.32 Å². The van der Waals surface area contributed by atoms with Gasteiger partial charge in [0.25, 0.3) is 0 Å². The van der Waals surface area contributed by atoms with Gasteiger partial charge in [-0.1, -0.05) is 30.3 Å². The number of anilines is 1. The number of rotatable bonds is 4. The Morgan fingerprint density at radius 2 is 1.96 bits per heavy atom. The highest BCUT2D eigenvalue weighted by molar-refractivity contribution is 5.44. The van der Waals surface area contributed by atoms with E-state index in [0.717, 1.165) is 43.2 Å². The van der Waals surface area contributed by atoms with Gasteiger partial charge in [0.2, 0.25) is 0 Å². The fourth-order valence-electron chi connectivity index (χ4n) is 3.58. The number of hydrogen-bond acceptors (Lipinski definition) is 5. The molecule has 2 unspecified atom stereocenters. The Labute approximate surface area is 147 Å². The largest absolute Gasteiger partial charge is 0.366 e. The topological polar surface area (TPSA) is 58.4 Å². The molecule has 1 N–H and O–H groups in total. The molecule has 0 bridgehead atoms. The minimum atomic E-state index is 0.441. The summed E-state index contributed by atoms with van der Waals surface area (Å²) < 4.78 is 1.60. The van der Waals surface area contributed by atoms with Crippen LogP contribution >= 0.6 is 0 Å². The monoisotopic (exact) mass is 336 g/mol. The summed E-state index contributed by atoms with van der Waals surface area (Å²) >= 11 is 0. The molecule has 1 aliphatic heterocycles. The zero-order valence-corrected chi connectivity index (χ0v) is 14.8. The van der Waals surface area contributed by atoms with Gasteiger partial charge in [-0.25, -0.2) is 4.98 Å². The van der Waals surface area contributed by atoms with E-state index in [4.69, 9.17) is 0 Å². The third-order valence-electron chi connectivity index (χ3n) is 4.91. The molecule has 3 aromatic rings. The molecule has 6 nitrogen and oxygen atoms in total. The van der Waals surface area contributed by atoms with E-state index in [1.165, 1.54) is 5.56 Å². The normalized spacial score (nSPS) is 21.5. The van der Waals surface area contributed by atoms with Crippen LogP contribution in [0.15, 0.2) is 42.5 Å². The van der Waals surface area contributed by atoms with E-state index in [1.807, 2.05) is 19.1 Å². The summed E-state index contributed by atoms with van der Waals surface area (Å²) in [5.74, 6) is 1.61. The van der Waals surface area contributed by atoms with Gasteiger partial charge in [-0.05, 0) is 44.4 Å². The molecular weight excluding hydrogens is 312 g/mol. The van der Waals surface area contributed by atoms with Crippen LogP contribution in [0, 0.1) is 6.92 Å². The number of likely N-dealkylation sites (tertiary alicyclic amines) is 1. The van der Waals surface area contributed by atoms with Crippen molar-refractivity contribution in [3.63, 3.8) is 0 Å². The van der Waals surface area contributed by atoms with Crippen molar-refractivity contribution in [1.29, 1.82) is 0 Å². The average molecular weight is 336 g/mol. The summed E-state index contributed by atoms with van der Waals surface area (Å²) in [6, 6.07) is 15.6. The molecule has 1 aliphatic rings. The van der Waals surface area contributed by atoms with Crippen molar-refractivity contribution in [2.45, 2.75) is 45.3 Å². The first-order valence-electron chi connectivity index (χ1n) is 8.92. The Morgan fingerprint density at radius 1 is 1.12 bits per heavy atom. The van der Waals surface area contributed by atoms with Crippen LogP contribution in [0.4, 0.5) is 5.82 Å². The van der Waals surface area contributed by atoms with E-state index in [-0.39, 0.29) is 0 Å². The SMILES string of the molecule is Cc1nc2ccc(NC3CCN(Cc4ccccc4)C(C)C3)nn2n1. The van der Waals surface area contributed by atoms with E-state index in [0.29, 0.717) is 12.1 Å². The van der Waals surface area contributed by atoms with Crippen LogP contribution in [0.2, 0.25) is 0 Å². The molecule has 6 heteroatoms. The molecule has 0 saturated carbocycles. The van der Waals surface area contributed by atoms with Gasteiger partial charge in [0.05, 0.1) is 0 Å². The Bertz CT molecular complexity index is 844. The maximum absolute atomic E-state index is 4.52. The van der Waals surface area contributed by atoms with Crippen molar-refractivity contribution in [1.82, 2.24) is 24.7 Å². The van der Waals surface area contributed by atoms with Crippen molar-refractivity contribution in [3.8, 4) is 0 Å². The molecule has 2 aromatic heterocycles. The van der Waals surface area contributed by atoms with Gasteiger partial charge in [-0.3, -0.25) is 4.90 Å². The minimum absolute atomic E-state index is 0.441. The molecule has 4 rings (SSSR count). The number of aryl methyl sites for hydroxylation is 1. The average Bonchev–Trinajstić information content (AvgIpc) is 2.98. The first-order chi connectivity index (χ1) is 12.2. The predicted molar refractivity (Wildman–Crippen MR) is 98.5 cm³/mol. The third kappa shape index (κ3) is 3.64. The Morgan fingerprint density at radius 3 is 2.76 bits per heavy atom. The lowest BCUT2D eigenvalue weighted by atomic mass is 9.97. The molecule has 1 aromatic carbocycles. The van der Waals surface area contributed by atoms with Crippen molar-refractivity contribution >= 4 is 11.5 Å². The molecule has 130 valence electrons. The summed E-state index contributed by atoms with van der Waals surface area (Å²) in [6.45, 7) is 6.32.